The first-order valence-electron chi connectivity index (χ1n) is 26.4. The minimum atomic E-state index is -4.50. The molecule has 7 rings (SSSR count). The number of allylic oxidation sites excluding steroid dienone is 6. The molecule has 1 fully saturated rings. The second-order valence-electron chi connectivity index (χ2n) is 21.7. The highest BCUT2D eigenvalue weighted by Gasteiger charge is 2.46. The number of anilines is 1. The van der Waals surface area contributed by atoms with Gasteiger partial charge in [-0.05, 0) is 132 Å². The van der Waals surface area contributed by atoms with E-state index in [-0.39, 0.29) is 66.1 Å². The average Bonchev–Trinajstić information content (AvgIpc) is 4.03. The van der Waals surface area contributed by atoms with Crippen LogP contribution < -0.4 is 20.3 Å². The number of fused-ring (bicyclic) bond motifs is 3. The molecule has 0 aliphatic carbocycles. The summed E-state index contributed by atoms with van der Waals surface area (Å²) in [6, 6.07) is 9.05. The minimum Gasteiger partial charge on any atom is -0.507 e. The molecule has 78 heavy (non-hydrogen) atoms. The van der Waals surface area contributed by atoms with E-state index in [0.717, 1.165) is 45.0 Å². The van der Waals surface area contributed by atoms with E-state index in [2.05, 4.69) is 20.1 Å². The Morgan fingerprint density at radius 3 is 2.05 bits per heavy atom. The normalized spacial score (nSPS) is 19.2. The lowest BCUT2D eigenvalue weighted by molar-refractivity contribution is -0.438. The van der Waals surface area contributed by atoms with Crippen LogP contribution in [0.1, 0.15) is 139 Å². The maximum absolute atomic E-state index is 13.3. The van der Waals surface area contributed by atoms with E-state index in [0.29, 0.717) is 86.4 Å². The number of carbonyl (C=O) groups excluding carboxylic acids is 5. The number of imide groups is 1. The fraction of sp³-hybridized carbons (Fsp3) is 0.474. The first-order valence-corrected chi connectivity index (χ1v) is 29.3. The molecule has 0 spiro atoms. The van der Waals surface area contributed by atoms with Gasteiger partial charge >= 0.3 is 5.97 Å². The summed E-state index contributed by atoms with van der Waals surface area (Å²) in [5.74, 6) is -1.32. The number of amides is 4. The number of nitrogens with one attached hydrogen (secondary N) is 2. The summed E-state index contributed by atoms with van der Waals surface area (Å²) in [7, 11) is -8.99. The SMILES string of the molecule is Cc1c(C)c2c(c(C)c1O)CCC(C)(C(=O)NCCNC(=O)CCCCC[N+]1=C(C=CC=CC=C3N(CCCCCC(=O)ON4C(=O)CCC4=O)c4ccc(S(=O)(=O)O)cc4C3(C)C)C(C)(C)c3cc(S(=O)(=O)O)ccc31)O2. The number of phenols is 1. The van der Waals surface area contributed by atoms with Gasteiger partial charge in [-0.3, -0.25) is 28.3 Å². The van der Waals surface area contributed by atoms with E-state index in [1.807, 2.05) is 78.8 Å². The topological polar surface area (TPSA) is 266 Å². The molecule has 0 aromatic heterocycles. The third kappa shape index (κ3) is 12.6. The fourth-order valence-electron chi connectivity index (χ4n) is 10.8. The number of hydroxylamine groups is 2. The number of nitrogens with zero attached hydrogens (tertiary/aromatic N) is 3. The Balaban J connectivity index is 0.977. The molecule has 1 atom stereocenters. The van der Waals surface area contributed by atoms with Gasteiger partial charge in [0, 0.05) is 98.2 Å². The van der Waals surface area contributed by atoms with Crippen molar-refractivity contribution in [3.63, 3.8) is 0 Å². The number of ether oxygens (including phenoxy) is 1. The Morgan fingerprint density at radius 2 is 1.37 bits per heavy atom. The number of hydrogen-bond donors (Lipinski definition) is 5. The second-order valence-corrected chi connectivity index (χ2v) is 24.5. The molecular weight excluding hydrogens is 1040 g/mol. The third-order valence-corrected chi connectivity index (χ3v) is 17.2. The Morgan fingerprint density at radius 1 is 0.744 bits per heavy atom. The Hall–Kier alpha value is -6.68. The zero-order chi connectivity index (χ0) is 57.1. The Labute approximate surface area is 456 Å². The van der Waals surface area contributed by atoms with Gasteiger partial charge in [-0.15, -0.1) is 5.06 Å². The largest absolute Gasteiger partial charge is 0.507 e. The van der Waals surface area contributed by atoms with Gasteiger partial charge in [0.25, 0.3) is 38.0 Å². The molecule has 1 saturated heterocycles. The van der Waals surface area contributed by atoms with Gasteiger partial charge in [0.15, 0.2) is 11.3 Å². The zero-order valence-corrected chi connectivity index (χ0v) is 47.3. The smallest absolute Gasteiger partial charge is 0.333 e. The van der Waals surface area contributed by atoms with Crippen LogP contribution in [0.25, 0.3) is 0 Å². The molecule has 0 bridgehead atoms. The standard InChI is InChI=1S/C57H71N5O14S2/c1-36-37(2)53-41(38(3)52(36)67)28-29-57(8,75-53)54(68)59-31-30-58-48(63)20-14-10-16-32-60-44-24-22-39(77(69,70)71)34-42(44)55(4,5)46(60)18-12-9-13-19-47-56(6,7)43-35-40(78(72,73)74)23-25-45(43)61(47)33-17-11-15-21-51(66)76-62-49(64)26-27-50(62)65/h9,12-13,18-19,22-25,34-35H,10-11,14-17,20-21,26-33H2,1-8H3,(H4-,58,59,63,67,68,69,70,71,72,73,74)/p+1. The van der Waals surface area contributed by atoms with Crippen LogP contribution in [0.4, 0.5) is 11.4 Å². The first-order chi connectivity index (χ1) is 36.6. The summed E-state index contributed by atoms with van der Waals surface area (Å²) in [5.41, 5.74) is 5.33. The highest BCUT2D eigenvalue weighted by atomic mass is 32.2. The van der Waals surface area contributed by atoms with Crippen LogP contribution in [0.3, 0.4) is 0 Å². The van der Waals surface area contributed by atoms with E-state index in [1.165, 1.54) is 24.3 Å². The number of rotatable bonds is 22. The highest BCUT2D eigenvalue weighted by Crippen LogP contribution is 2.49. The molecule has 4 heterocycles. The van der Waals surface area contributed by atoms with E-state index >= 15 is 0 Å². The average molecular weight is 1120 g/mol. The lowest BCUT2D eigenvalue weighted by atomic mass is 9.81. The quantitative estimate of drug-likeness (QED) is 0.0212. The van der Waals surface area contributed by atoms with E-state index in [4.69, 9.17) is 9.57 Å². The molecule has 0 saturated carbocycles. The molecule has 1 unspecified atom stereocenters. The van der Waals surface area contributed by atoms with Crippen molar-refractivity contribution in [2.75, 3.05) is 31.1 Å². The summed E-state index contributed by atoms with van der Waals surface area (Å²) in [4.78, 5) is 69.0. The highest BCUT2D eigenvalue weighted by molar-refractivity contribution is 7.86. The fourth-order valence-corrected chi connectivity index (χ4v) is 11.8. The number of aromatic hydroxyl groups is 1. The van der Waals surface area contributed by atoms with Crippen LogP contribution >= 0.6 is 0 Å². The van der Waals surface area contributed by atoms with Crippen LogP contribution in [0.2, 0.25) is 0 Å². The zero-order valence-electron chi connectivity index (χ0n) is 45.7. The number of hydrogen-bond acceptors (Lipinski definition) is 13. The minimum absolute atomic E-state index is 0.000859. The number of carbonyl (C=O) groups is 5. The van der Waals surface area contributed by atoms with Crippen molar-refractivity contribution in [1.82, 2.24) is 15.7 Å². The van der Waals surface area contributed by atoms with Crippen molar-refractivity contribution in [3.8, 4) is 11.5 Å². The molecule has 0 radical (unpaired) electrons. The van der Waals surface area contributed by atoms with Crippen molar-refractivity contribution in [2.24, 2.45) is 0 Å². The summed E-state index contributed by atoms with van der Waals surface area (Å²) in [5, 5.41) is 16.8. The predicted octanol–water partition coefficient (Wildman–Crippen LogP) is 7.73. The molecule has 3 aromatic rings. The van der Waals surface area contributed by atoms with Crippen molar-refractivity contribution >= 4 is 66.9 Å². The van der Waals surface area contributed by atoms with Gasteiger partial charge in [0.2, 0.25) is 11.6 Å². The van der Waals surface area contributed by atoms with E-state index < -0.39 is 54.5 Å². The van der Waals surface area contributed by atoms with Gasteiger partial charge in [-0.25, -0.2) is 4.79 Å². The molecule has 19 nitrogen and oxygen atoms in total. The van der Waals surface area contributed by atoms with Gasteiger partial charge in [0.1, 0.15) is 18.0 Å². The van der Waals surface area contributed by atoms with Crippen LogP contribution in [-0.4, -0.2) is 108 Å². The molecule has 4 amide bonds. The number of unbranched alkanes of at least 4 members (excludes halogenated alkanes) is 4. The number of benzene rings is 3. The Kier molecular flexibility index (Phi) is 17.7. The number of phenolic OH excluding ortho intramolecular Hbond substituents is 1. The molecule has 5 N–H and O–H groups in total. The molecule has 4 aliphatic heterocycles. The second kappa shape index (κ2) is 23.3. The third-order valence-electron chi connectivity index (χ3n) is 15.5. The molecule has 21 heteroatoms. The lowest BCUT2D eigenvalue weighted by Crippen LogP contribution is -2.52. The van der Waals surface area contributed by atoms with Gasteiger partial charge in [0.05, 0.1) is 15.2 Å². The van der Waals surface area contributed by atoms with Crippen molar-refractivity contribution in [3.05, 3.63) is 106 Å². The molecule has 4 aliphatic rings. The van der Waals surface area contributed by atoms with E-state index in [1.54, 1.807) is 19.1 Å². The van der Waals surface area contributed by atoms with Gasteiger partial charge in [-0.2, -0.15) is 21.4 Å². The van der Waals surface area contributed by atoms with Gasteiger partial charge < -0.3 is 30.2 Å². The van der Waals surface area contributed by atoms with Crippen molar-refractivity contribution in [1.29, 1.82) is 0 Å². The summed E-state index contributed by atoms with van der Waals surface area (Å²) < 4.78 is 77.3. The first kappa shape index (κ1) is 59.0. The predicted molar refractivity (Wildman–Crippen MR) is 292 cm³/mol. The van der Waals surface area contributed by atoms with Crippen molar-refractivity contribution in [2.45, 2.75) is 159 Å². The Bertz CT molecular complexity index is 3270. The van der Waals surface area contributed by atoms with Crippen LogP contribution in [0.15, 0.2) is 82.3 Å². The van der Waals surface area contributed by atoms with Crippen LogP contribution in [0, 0.1) is 20.8 Å². The monoisotopic (exact) mass is 1110 g/mol. The molecule has 3 aromatic carbocycles. The summed E-state index contributed by atoms with van der Waals surface area (Å²) in [6.07, 6.45) is 14.4. The lowest BCUT2D eigenvalue weighted by Gasteiger charge is -2.36. The van der Waals surface area contributed by atoms with E-state index in [9.17, 15) is 55.0 Å². The maximum atomic E-state index is 13.3. The molecular formula is C57H72N5O14S2+. The van der Waals surface area contributed by atoms with Crippen molar-refractivity contribution < 1.29 is 69.2 Å². The maximum Gasteiger partial charge on any atom is 0.333 e. The summed E-state index contributed by atoms with van der Waals surface area (Å²) >= 11 is 0. The van der Waals surface area contributed by atoms with Crippen LogP contribution in [0.5, 0.6) is 11.5 Å². The summed E-state index contributed by atoms with van der Waals surface area (Å²) in [6.45, 7) is 16.7. The molecule has 420 valence electrons. The van der Waals surface area contributed by atoms with Crippen LogP contribution in [-0.2, 0) is 66.3 Å². The van der Waals surface area contributed by atoms with Gasteiger partial charge in [-0.1, -0.05) is 38.5 Å².